The van der Waals surface area contributed by atoms with Crippen molar-refractivity contribution in [1.82, 2.24) is 10.2 Å². The lowest BCUT2D eigenvalue weighted by molar-refractivity contribution is -0.130. The number of nitrogens with zero attached hydrogens (tertiary/aromatic N) is 1. The Morgan fingerprint density at radius 2 is 1.82 bits per heavy atom. The molecule has 1 saturated carbocycles. The van der Waals surface area contributed by atoms with Crippen LogP contribution in [0.15, 0.2) is 0 Å². The molecule has 1 aliphatic heterocycles. The molecule has 22 heavy (non-hydrogen) atoms. The lowest BCUT2D eigenvalue weighted by atomic mass is 9.84. The topological polar surface area (TPSA) is 52.6 Å². The molecular formula is C18H34N2O2. The molecule has 0 aromatic heterocycles. The zero-order valence-corrected chi connectivity index (χ0v) is 14.7. The number of carbonyl (C=O) groups is 1. The van der Waals surface area contributed by atoms with Crippen LogP contribution in [0.4, 0.5) is 0 Å². The Morgan fingerprint density at radius 1 is 1.23 bits per heavy atom. The molecule has 1 saturated heterocycles. The van der Waals surface area contributed by atoms with Crippen LogP contribution in [0.3, 0.4) is 0 Å². The van der Waals surface area contributed by atoms with Gasteiger partial charge in [0, 0.05) is 31.1 Å². The van der Waals surface area contributed by atoms with Gasteiger partial charge in [0.2, 0.25) is 5.91 Å². The van der Waals surface area contributed by atoms with Gasteiger partial charge in [-0.1, -0.05) is 40.0 Å². The van der Waals surface area contributed by atoms with Gasteiger partial charge in [-0.2, -0.15) is 0 Å². The number of aliphatic hydroxyl groups is 1. The highest BCUT2D eigenvalue weighted by Gasteiger charge is 2.33. The number of nitrogens with one attached hydrogen (secondary N) is 1. The van der Waals surface area contributed by atoms with E-state index < -0.39 is 5.60 Å². The molecule has 2 fully saturated rings. The number of rotatable bonds is 5. The second kappa shape index (κ2) is 7.31. The summed E-state index contributed by atoms with van der Waals surface area (Å²) in [5.41, 5.74) is -0.729. The molecule has 0 bridgehead atoms. The molecule has 0 spiro atoms. The van der Waals surface area contributed by atoms with Gasteiger partial charge in [-0.15, -0.1) is 0 Å². The average molecular weight is 310 g/mol. The Morgan fingerprint density at radius 3 is 2.36 bits per heavy atom. The number of carbonyl (C=O) groups excluding carboxylic acids is 1. The van der Waals surface area contributed by atoms with E-state index in [4.69, 9.17) is 0 Å². The van der Waals surface area contributed by atoms with E-state index in [1.165, 1.54) is 6.42 Å². The molecule has 0 aromatic rings. The van der Waals surface area contributed by atoms with E-state index in [9.17, 15) is 9.90 Å². The van der Waals surface area contributed by atoms with E-state index in [1.807, 2.05) is 13.8 Å². The van der Waals surface area contributed by atoms with Crippen molar-refractivity contribution in [2.24, 2.45) is 5.41 Å². The maximum atomic E-state index is 12.2. The third-order valence-corrected chi connectivity index (χ3v) is 5.72. The van der Waals surface area contributed by atoms with Crippen molar-refractivity contribution in [2.45, 2.75) is 83.8 Å². The van der Waals surface area contributed by atoms with Crippen molar-refractivity contribution >= 4 is 5.91 Å². The van der Waals surface area contributed by atoms with Crippen LogP contribution in [0.25, 0.3) is 0 Å². The van der Waals surface area contributed by atoms with Crippen molar-refractivity contribution in [2.75, 3.05) is 19.6 Å². The highest BCUT2D eigenvalue weighted by atomic mass is 16.3. The van der Waals surface area contributed by atoms with E-state index >= 15 is 0 Å². The fraction of sp³-hybridized carbons (Fsp3) is 0.944. The third kappa shape index (κ3) is 4.69. The van der Waals surface area contributed by atoms with E-state index in [0.717, 1.165) is 64.6 Å². The first kappa shape index (κ1) is 17.7. The van der Waals surface area contributed by atoms with E-state index in [-0.39, 0.29) is 11.3 Å². The molecule has 4 heteroatoms. The maximum Gasteiger partial charge on any atom is 0.225 e. The predicted octanol–water partition coefficient (Wildman–Crippen LogP) is 2.70. The summed E-state index contributed by atoms with van der Waals surface area (Å²) in [6.07, 6.45) is 8.37. The number of likely N-dealkylation sites (tertiary alicyclic amines) is 1. The molecule has 0 unspecified atom stereocenters. The van der Waals surface area contributed by atoms with Gasteiger partial charge >= 0.3 is 0 Å². The molecule has 0 aromatic carbocycles. The lowest BCUT2D eigenvalue weighted by Gasteiger charge is -2.40. The smallest absolute Gasteiger partial charge is 0.225 e. The Labute approximate surface area is 135 Å². The van der Waals surface area contributed by atoms with Gasteiger partial charge in [0.05, 0.1) is 5.60 Å². The van der Waals surface area contributed by atoms with E-state index in [0.29, 0.717) is 6.04 Å². The number of piperidine rings is 1. The summed E-state index contributed by atoms with van der Waals surface area (Å²) in [6.45, 7) is 8.87. The second-order valence-electron chi connectivity index (χ2n) is 8.05. The Bertz CT molecular complexity index is 367. The van der Waals surface area contributed by atoms with Crippen LogP contribution in [0.5, 0.6) is 0 Å². The highest BCUT2D eigenvalue weighted by Crippen LogP contribution is 2.29. The van der Waals surface area contributed by atoms with Crippen LogP contribution >= 0.6 is 0 Å². The third-order valence-electron chi connectivity index (χ3n) is 5.72. The van der Waals surface area contributed by atoms with Crippen molar-refractivity contribution in [3.05, 3.63) is 0 Å². The lowest BCUT2D eigenvalue weighted by Crippen LogP contribution is -2.51. The van der Waals surface area contributed by atoms with Crippen molar-refractivity contribution in [1.29, 1.82) is 0 Å². The summed E-state index contributed by atoms with van der Waals surface area (Å²) in [7, 11) is 0. The zero-order chi connectivity index (χ0) is 16.2. The van der Waals surface area contributed by atoms with Gasteiger partial charge in [0.15, 0.2) is 0 Å². The molecule has 1 aliphatic carbocycles. The first-order valence-electron chi connectivity index (χ1n) is 9.10. The monoisotopic (exact) mass is 310 g/mol. The molecule has 2 N–H and O–H groups in total. The molecule has 128 valence electrons. The highest BCUT2D eigenvalue weighted by molar-refractivity contribution is 5.81. The fourth-order valence-electron chi connectivity index (χ4n) is 3.56. The van der Waals surface area contributed by atoms with Crippen LogP contribution < -0.4 is 5.32 Å². The Balaban J connectivity index is 1.75. The number of β-amino-alcohol motifs (C(OH)–C–C–N with tert-alkyl or cyclic N) is 1. The summed E-state index contributed by atoms with van der Waals surface area (Å²) >= 11 is 0. The van der Waals surface area contributed by atoms with Crippen LogP contribution in [-0.4, -0.2) is 47.2 Å². The standard InChI is InChI=1S/C18H34N2O2/c1-4-17(2,3)16(21)19-15-8-12-20(13-9-15)14-18(22)10-6-5-7-11-18/h15,22H,4-14H2,1-3H3,(H,19,21). The number of hydrogen-bond donors (Lipinski definition) is 2. The summed E-state index contributed by atoms with van der Waals surface area (Å²) in [6, 6.07) is 0.301. The molecule has 1 amide bonds. The quantitative estimate of drug-likeness (QED) is 0.821. The molecular weight excluding hydrogens is 276 g/mol. The van der Waals surface area contributed by atoms with Crippen LogP contribution in [0.1, 0.15) is 72.1 Å². The average Bonchev–Trinajstić information content (AvgIpc) is 2.49. The fourth-order valence-corrected chi connectivity index (χ4v) is 3.56. The van der Waals surface area contributed by atoms with Gasteiger partial charge in [0.1, 0.15) is 0 Å². The largest absolute Gasteiger partial charge is 0.389 e. The first-order valence-corrected chi connectivity index (χ1v) is 9.10. The SMILES string of the molecule is CCC(C)(C)C(=O)NC1CCN(CC2(O)CCCCC2)CC1. The normalized spacial score (nSPS) is 24.2. The van der Waals surface area contributed by atoms with E-state index in [1.54, 1.807) is 0 Å². The number of hydrogen-bond acceptors (Lipinski definition) is 3. The minimum atomic E-state index is -0.460. The Hall–Kier alpha value is -0.610. The molecule has 0 radical (unpaired) electrons. The Kier molecular flexibility index (Phi) is 5.89. The van der Waals surface area contributed by atoms with Gasteiger partial charge in [0.25, 0.3) is 0 Å². The first-order chi connectivity index (χ1) is 10.3. The van der Waals surface area contributed by atoms with Crippen molar-refractivity contribution < 1.29 is 9.90 Å². The number of amides is 1. The second-order valence-corrected chi connectivity index (χ2v) is 8.05. The summed E-state index contributed by atoms with van der Waals surface area (Å²) < 4.78 is 0. The van der Waals surface area contributed by atoms with Gasteiger partial charge in [-0.3, -0.25) is 4.79 Å². The van der Waals surface area contributed by atoms with Crippen LogP contribution in [-0.2, 0) is 4.79 Å². The van der Waals surface area contributed by atoms with Crippen molar-refractivity contribution in [3.8, 4) is 0 Å². The van der Waals surface area contributed by atoms with Gasteiger partial charge in [-0.25, -0.2) is 0 Å². The summed E-state index contributed by atoms with van der Waals surface area (Å²) in [5.74, 6) is 0.180. The van der Waals surface area contributed by atoms with Crippen LogP contribution in [0, 0.1) is 5.41 Å². The minimum Gasteiger partial charge on any atom is -0.389 e. The molecule has 1 heterocycles. The molecule has 0 atom stereocenters. The molecule has 4 nitrogen and oxygen atoms in total. The minimum absolute atomic E-state index is 0.180. The summed E-state index contributed by atoms with van der Waals surface area (Å²) in [5, 5.41) is 13.9. The van der Waals surface area contributed by atoms with Gasteiger partial charge in [-0.05, 0) is 32.1 Å². The summed E-state index contributed by atoms with van der Waals surface area (Å²) in [4.78, 5) is 14.6. The molecule has 2 aliphatic rings. The zero-order valence-electron chi connectivity index (χ0n) is 14.7. The van der Waals surface area contributed by atoms with Gasteiger partial charge < -0.3 is 15.3 Å². The predicted molar refractivity (Wildman–Crippen MR) is 89.7 cm³/mol. The van der Waals surface area contributed by atoms with Crippen LogP contribution in [0.2, 0.25) is 0 Å². The maximum absolute atomic E-state index is 12.2. The van der Waals surface area contributed by atoms with E-state index in [2.05, 4.69) is 17.1 Å². The van der Waals surface area contributed by atoms with Crippen molar-refractivity contribution in [3.63, 3.8) is 0 Å². The molecule has 2 rings (SSSR count).